The summed E-state index contributed by atoms with van der Waals surface area (Å²) in [5.74, 6) is -3.35. The van der Waals surface area contributed by atoms with Gasteiger partial charge in [-0.1, -0.05) is 62.2 Å². The molecule has 0 radical (unpaired) electrons. The Morgan fingerprint density at radius 1 is 0.975 bits per heavy atom. The van der Waals surface area contributed by atoms with E-state index >= 15 is 0 Å². The summed E-state index contributed by atoms with van der Waals surface area (Å²) in [5, 5.41) is 25.1. The SMILES string of the molecule is C[C@H](NC(=O)[C@]1(C)CC[C@H](C(=O)N[C@@H](Cc2ccc(OCc3c(Cl)cccc3Cl)cc2)C(=O)O)C1(C)C)C(=O)O. The zero-order valence-electron chi connectivity index (χ0n) is 22.8. The Labute approximate surface area is 243 Å². The van der Waals surface area contributed by atoms with Crippen LogP contribution in [0.3, 0.4) is 0 Å². The van der Waals surface area contributed by atoms with Crippen LogP contribution in [-0.2, 0) is 32.2 Å². The van der Waals surface area contributed by atoms with Crippen molar-refractivity contribution in [2.24, 2.45) is 16.7 Å². The second-order valence-electron chi connectivity index (χ2n) is 10.9. The molecule has 1 saturated carbocycles. The maximum absolute atomic E-state index is 13.3. The summed E-state index contributed by atoms with van der Waals surface area (Å²) in [6, 6.07) is 9.75. The lowest BCUT2D eigenvalue weighted by molar-refractivity contribution is -0.147. The zero-order chi connectivity index (χ0) is 29.8. The average molecular weight is 594 g/mol. The van der Waals surface area contributed by atoms with E-state index in [1.807, 2.05) is 0 Å². The van der Waals surface area contributed by atoms with Crippen LogP contribution in [0, 0.1) is 16.7 Å². The van der Waals surface area contributed by atoms with Gasteiger partial charge in [-0.05, 0) is 55.0 Å². The van der Waals surface area contributed by atoms with E-state index in [4.69, 9.17) is 33.0 Å². The number of halogens is 2. The molecule has 1 fully saturated rings. The van der Waals surface area contributed by atoms with Crippen LogP contribution in [0.5, 0.6) is 5.75 Å². The maximum Gasteiger partial charge on any atom is 0.326 e. The predicted molar refractivity (Wildman–Crippen MR) is 150 cm³/mol. The van der Waals surface area contributed by atoms with Crippen molar-refractivity contribution in [3.63, 3.8) is 0 Å². The molecule has 4 atom stereocenters. The molecule has 9 nitrogen and oxygen atoms in total. The normalized spacial score (nSPS) is 21.2. The molecule has 11 heteroatoms. The van der Waals surface area contributed by atoms with Gasteiger partial charge in [0.05, 0.1) is 5.41 Å². The van der Waals surface area contributed by atoms with E-state index in [9.17, 15) is 24.3 Å². The van der Waals surface area contributed by atoms with Crippen molar-refractivity contribution in [2.45, 2.75) is 65.6 Å². The Balaban J connectivity index is 1.64. The standard InChI is InChI=1S/C29H34Cl2N2O7/c1-16(25(35)36)32-27(39)29(4)13-12-20(28(29,2)3)24(34)33-23(26(37)38)14-17-8-10-18(11-9-17)40-15-19-21(30)6-5-7-22(19)31/h5-11,16,20,23H,12-15H2,1-4H3,(H,32,39)(H,33,34)(H,35,36)(H,37,38)/t16-,20+,23-,29-/m0/s1. The first-order valence-corrected chi connectivity index (χ1v) is 13.6. The lowest BCUT2D eigenvalue weighted by atomic mass is 9.65. The Morgan fingerprint density at radius 3 is 2.12 bits per heavy atom. The average Bonchev–Trinajstić information content (AvgIpc) is 3.13. The first-order chi connectivity index (χ1) is 18.7. The van der Waals surface area contributed by atoms with E-state index in [-0.39, 0.29) is 13.0 Å². The van der Waals surface area contributed by atoms with Crippen LogP contribution in [0.25, 0.3) is 0 Å². The van der Waals surface area contributed by atoms with Crippen LogP contribution in [-0.4, -0.2) is 46.0 Å². The molecule has 0 heterocycles. The summed E-state index contributed by atoms with van der Waals surface area (Å²) in [4.78, 5) is 49.5. The van der Waals surface area contributed by atoms with Crippen LogP contribution < -0.4 is 15.4 Å². The number of carboxylic acids is 2. The molecular weight excluding hydrogens is 559 g/mol. The number of carboxylic acid groups (broad SMARTS) is 2. The van der Waals surface area contributed by atoms with Gasteiger partial charge in [0.25, 0.3) is 0 Å². The monoisotopic (exact) mass is 592 g/mol. The number of aliphatic carboxylic acids is 2. The lowest BCUT2D eigenvalue weighted by Gasteiger charge is -2.40. The third-order valence-corrected chi connectivity index (χ3v) is 8.89. The Kier molecular flexibility index (Phi) is 9.74. The molecule has 0 aliphatic heterocycles. The highest BCUT2D eigenvalue weighted by Gasteiger charge is 2.58. The molecule has 3 rings (SSSR count). The van der Waals surface area contributed by atoms with E-state index in [0.717, 1.165) is 0 Å². The number of hydrogen-bond donors (Lipinski definition) is 4. The fourth-order valence-corrected chi connectivity index (χ4v) is 5.55. The molecule has 0 aromatic heterocycles. The van der Waals surface area contributed by atoms with Crippen LogP contribution in [0.4, 0.5) is 0 Å². The fourth-order valence-electron chi connectivity index (χ4n) is 5.04. The van der Waals surface area contributed by atoms with E-state index in [1.54, 1.807) is 63.2 Å². The molecule has 2 aromatic carbocycles. The van der Waals surface area contributed by atoms with Gasteiger partial charge >= 0.3 is 11.9 Å². The predicted octanol–water partition coefficient (Wildman–Crippen LogP) is 4.72. The maximum atomic E-state index is 13.3. The van der Waals surface area contributed by atoms with Crippen molar-refractivity contribution >= 4 is 47.0 Å². The van der Waals surface area contributed by atoms with Gasteiger partial charge in [-0.15, -0.1) is 0 Å². The molecule has 40 heavy (non-hydrogen) atoms. The first kappa shape index (κ1) is 31.2. The number of carbonyl (C=O) groups excluding carboxylic acids is 2. The molecule has 2 amide bonds. The fraction of sp³-hybridized carbons (Fsp3) is 0.448. The van der Waals surface area contributed by atoms with Crippen LogP contribution in [0.2, 0.25) is 10.0 Å². The second kappa shape index (κ2) is 12.5. The Bertz CT molecular complexity index is 1260. The van der Waals surface area contributed by atoms with Gasteiger partial charge in [0.15, 0.2) is 0 Å². The molecule has 0 saturated heterocycles. The van der Waals surface area contributed by atoms with Gasteiger partial charge in [0.1, 0.15) is 24.4 Å². The highest BCUT2D eigenvalue weighted by molar-refractivity contribution is 6.35. The number of nitrogens with one attached hydrogen (secondary N) is 2. The summed E-state index contributed by atoms with van der Waals surface area (Å²) in [5.41, 5.74) is -0.537. The molecule has 1 aliphatic carbocycles. The second-order valence-corrected chi connectivity index (χ2v) is 11.7. The molecule has 216 valence electrons. The van der Waals surface area contributed by atoms with Crippen LogP contribution in [0.15, 0.2) is 42.5 Å². The highest BCUT2D eigenvalue weighted by Crippen LogP contribution is 2.56. The quantitative estimate of drug-likeness (QED) is 0.296. The number of benzene rings is 2. The molecule has 1 aliphatic rings. The number of rotatable bonds is 11. The van der Waals surface area contributed by atoms with Crippen LogP contribution in [0.1, 0.15) is 51.7 Å². The minimum atomic E-state index is -1.19. The minimum absolute atomic E-state index is 0.0404. The number of amides is 2. The lowest BCUT2D eigenvalue weighted by Crippen LogP contribution is -2.53. The van der Waals surface area contributed by atoms with Gasteiger partial charge in [-0.3, -0.25) is 14.4 Å². The van der Waals surface area contributed by atoms with Crippen molar-refractivity contribution in [3.8, 4) is 5.75 Å². The topological polar surface area (TPSA) is 142 Å². The molecule has 2 aromatic rings. The zero-order valence-corrected chi connectivity index (χ0v) is 24.3. The molecular formula is C29H34Cl2N2O7. The third-order valence-electron chi connectivity index (χ3n) is 8.18. The minimum Gasteiger partial charge on any atom is -0.489 e. The van der Waals surface area contributed by atoms with Crippen LogP contribution >= 0.6 is 23.2 Å². The van der Waals surface area contributed by atoms with E-state index in [1.165, 1.54) is 6.92 Å². The van der Waals surface area contributed by atoms with Gasteiger partial charge in [0, 0.05) is 27.9 Å². The molecule has 0 bridgehead atoms. The van der Waals surface area contributed by atoms with Crippen molar-refractivity contribution in [1.82, 2.24) is 10.6 Å². The number of ether oxygens (including phenoxy) is 1. The largest absolute Gasteiger partial charge is 0.489 e. The summed E-state index contributed by atoms with van der Waals surface area (Å²) in [6.07, 6.45) is 0.756. The third kappa shape index (κ3) is 6.70. The van der Waals surface area contributed by atoms with Crippen molar-refractivity contribution in [1.29, 1.82) is 0 Å². The van der Waals surface area contributed by atoms with Crippen molar-refractivity contribution in [3.05, 3.63) is 63.6 Å². The Hall–Kier alpha value is -3.30. The van der Waals surface area contributed by atoms with Crippen molar-refractivity contribution < 1.29 is 34.1 Å². The summed E-state index contributed by atoms with van der Waals surface area (Å²) in [7, 11) is 0. The first-order valence-electron chi connectivity index (χ1n) is 12.9. The van der Waals surface area contributed by atoms with Gasteiger partial charge < -0.3 is 25.6 Å². The highest BCUT2D eigenvalue weighted by atomic mass is 35.5. The number of carbonyl (C=O) groups is 4. The van der Waals surface area contributed by atoms with Gasteiger partial charge in [-0.2, -0.15) is 0 Å². The Morgan fingerprint density at radius 2 is 1.57 bits per heavy atom. The summed E-state index contributed by atoms with van der Waals surface area (Å²) < 4.78 is 5.77. The van der Waals surface area contributed by atoms with Gasteiger partial charge in [-0.25, -0.2) is 4.79 Å². The summed E-state index contributed by atoms with van der Waals surface area (Å²) >= 11 is 12.4. The van der Waals surface area contributed by atoms with Gasteiger partial charge in [0.2, 0.25) is 11.8 Å². The molecule has 0 unspecified atom stereocenters. The smallest absolute Gasteiger partial charge is 0.326 e. The number of hydrogen-bond acceptors (Lipinski definition) is 5. The van der Waals surface area contributed by atoms with Crippen molar-refractivity contribution in [2.75, 3.05) is 0 Å². The molecule has 0 spiro atoms. The van der Waals surface area contributed by atoms with E-state index in [2.05, 4.69) is 10.6 Å². The molecule has 4 N–H and O–H groups in total. The summed E-state index contributed by atoms with van der Waals surface area (Å²) in [6.45, 7) is 6.80. The van der Waals surface area contributed by atoms with E-state index < -0.39 is 52.6 Å². The van der Waals surface area contributed by atoms with E-state index in [0.29, 0.717) is 39.8 Å².